The zero-order chi connectivity index (χ0) is 25.4. The zero-order valence-electron chi connectivity index (χ0n) is 20.5. The number of carbonyl (C=O) groups excluding carboxylic acids is 2. The number of aromatic amines is 1. The quantitative estimate of drug-likeness (QED) is 0.311. The van der Waals surface area contributed by atoms with Crippen molar-refractivity contribution in [3.63, 3.8) is 0 Å². The molecule has 4 aromatic rings. The van der Waals surface area contributed by atoms with Crippen LogP contribution >= 0.6 is 0 Å². The fourth-order valence-corrected chi connectivity index (χ4v) is 4.67. The van der Waals surface area contributed by atoms with E-state index >= 15 is 0 Å². The van der Waals surface area contributed by atoms with Crippen molar-refractivity contribution in [2.45, 2.75) is 44.6 Å². The predicted octanol–water partition coefficient (Wildman–Crippen LogP) is 3.86. The number of fused-ring (bicyclic) bond motifs is 1. The maximum atomic E-state index is 13.2. The Morgan fingerprint density at radius 2 is 2.00 bits per heavy atom. The van der Waals surface area contributed by atoms with E-state index in [4.69, 9.17) is 9.72 Å². The molecule has 4 heterocycles. The van der Waals surface area contributed by atoms with Crippen LogP contribution in [-0.4, -0.2) is 55.9 Å². The van der Waals surface area contributed by atoms with E-state index in [0.29, 0.717) is 54.3 Å². The second-order valence-corrected chi connectivity index (χ2v) is 9.34. The van der Waals surface area contributed by atoms with Gasteiger partial charge in [0.05, 0.1) is 12.2 Å². The lowest BCUT2D eigenvalue weighted by molar-refractivity contribution is -0.117. The van der Waals surface area contributed by atoms with Gasteiger partial charge < -0.3 is 20.3 Å². The highest BCUT2D eigenvalue weighted by Gasteiger charge is 2.33. The van der Waals surface area contributed by atoms with Gasteiger partial charge in [0.1, 0.15) is 11.6 Å². The molecule has 2 aliphatic rings. The van der Waals surface area contributed by atoms with Crippen molar-refractivity contribution >= 4 is 40.7 Å². The highest BCUT2D eigenvalue weighted by Crippen LogP contribution is 2.39. The Kier molecular flexibility index (Phi) is 5.95. The first-order valence-corrected chi connectivity index (χ1v) is 12.6. The van der Waals surface area contributed by atoms with Gasteiger partial charge >= 0.3 is 5.97 Å². The van der Waals surface area contributed by atoms with Crippen LogP contribution in [0, 0.1) is 0 Å². The van der Waals surface area contributed by atoms with Gasteiger partial charge in [-0.15, -0.1) is 5.10 Å². The van der Waals surface area contributed by atoms with E-state index in [0.717, 1.165) is 17.6 Å². The van der Waals surface area contributed by atoms with Crippen LogP contribution in [0.1, 0.15) is 54.6 Å². The number of amides is 1. The van der Waals surface area contributed by atoms with Gasteiger partial charge in [-0.25, -0.2) is 9.31 Å². The van der Waals surface area contributed by atoms with E-state index in [1.165, 1.54) is 12.8 Å². The van der Waals surface area contributed by atoms with Crippen molar-refractivity contribution < 1.29 is 14.3 Å². The molecule has 1 aliphatic carbocycles. The Labute approximate surface area is 213 Å². The molecule has 2 fully saturated rings. The van der Waals surface area contributed by atoms with Gasteiger partial charge in [-0.1, -0.05) is 0 Å². The van der Waals surface area contributed by atoms with E-state index < -0.39 is 6.04 Å². The fourth-order valence-electron chi connectivity index (χ4n) is 4.67. The lowest BCUT2D eigenvalue weighted by atomic mass is 10.1. The Balaban J connectivity index is 1.21. The first-order chi connectivity index (χ1) is 18.1. The molecule has 0 radical (unpaired) electrons. The zero-order valence-corrected chi connectivity index (χ0v) is 20.5. The number of ether oxygens (including phenoxy) is 1. The van der Waals surface area contributed by atoms with Gasteiger partial charge in [0.2, 0.25) is 11.9 Å². The van der Waals surface area contributed by atoms with Crippen LogP contribution in [0.4, 0.5) is 23.3 Å². The minimum absolute atomic E-state index is 0.145. The summed E-state index contributed by atoms with van der Waals surface area (Å²) in [5.41, 5.74) is 3.01. The maximum Gasteiger partial charge on any atom is 0.338 e. The van der Waals surface area contributed by atoms with Crippen LogP contribution in [0.15, 0.2) is 48.7 Å². The molecule has 190 valence electrons. The lowest BCUT2D eigenvalue weighted by Gasteiger charge is -2.24. The summed E-state index contributed by atoms with van der Waals surface area (Å²) in [5, 5.41) is 18.5. The highest BCUT2D eigenvalue weighted by atomic mass is 16.5. The topological polar surface area (TPSA) is 130 Å². The number of nitrogens with zero attached hydrogens (tertiary/aromatic N) is 5. The smallest absolute Gasteiger partial charge is 0.338 e. The molecule has 0 spiro atoms. The fraction of sp³-hybridized carbons (Fsp3) is 0.346. The monoisotopic (exact) mass is 500 g/mol. The standard InChI is InChI=1S/C26H28N8O3/c1-2-37-25(36)17-9-11-18(12-10-17)27-24(35)21-6-3-13-33(21)26-29-23(20-5-4-14-34(20)32-26)28-22-15-19(30-31-22)16-7-8-16/h4-5,9-12,14-16,21H,2-3,6-8,13H2,1H3,(H,27,35)(H2,28,29,30,31,32). The molecule has 3 aromatic heterocycles. The molecule has 1 saturated heterocycles. The number of esters is 1. The first-order valence-electron chi connectivity index (χ1n) is 12.6. The van der Waals surface area contributed by atoms with Crippen LogP contribution in [0.25, 0.3) is 5.52 Å². The van der Waals surface area contributed by atoms with Crippen molar-refractivity contribution in [3.8, 4) is 0 Å². The molecule has 11 nitrogen and oxygen atoms in total. The van der Waals surface area contributed by atoms with Gasteiger partial charge in [0, 0.05) is 36.1 Å². The third kappa shape index (κ3) is 4.72. The van der Waals surface area contributed by atoms with Gasteiger partial charge in [-0.3, -0.25) is 9.89 Å². The highest BCUT2D eigenvalue weighted by molar-refractivity contribution is 5.97. The summed E-state index contributed by atoms with van der Waals surface area (Å²) in [6.07, 6.45) is 5.78. The van der Waals surface area contributed by atoms with E-state index in [2.05, 4.69) is 25.9 Å². The van der Waals surface area contributed by atoms with Gasteiger partial charge in [0.25, 0.3) is 0 Å². The third-order valence-corrected chi connectivity index (χ3v) is 6.72. The summed E-state index contributed by atoms with van der Waals surface area (Å²) in [7, 11) is 0. The summed E-state index contributed by atoms with van der Waals surface area (Å²) >= 11 is 0. The van der Waals surface area contributed by atoms with Crippen LogP contribution in [0.5, 0.6) is 0 Å². The summed E-state index contributed by atoms with van der Waals surface area (Å²) in [6.45, 7) is 2.74. The minimum atomic E-state index is -0.419. The summed E-state index contributed by atoms with van der Waals surface area (Å²) < 4.78 is 6.78. The largest absolute Gasteiger partial charge is 0.462 e. The molecule has 37 heavy (non-hydrogen) atoms. The van der Waals surface area contributed by atoms with E-state index in [-0.39, 0.29) is 11.9 Å². The molecule has 11 heteroatoms. The lowest BCUT2D eigenvalue weighted by Crippen LogP contribution is -2.40. The molecular formula is C26H28N8O3. The molecule has 1 aromatic carbocycles. The number of aromatic nitrogens is 5. The van der Waals surface area contributed by atoms with E-state index in [1.54, 1.807) is 35.7 Å². The number of H-pyrrole nitrogens is 1. The normalized spacial score (nSPS) is 17.2. The van der Waals surface area contributed by atoms with E-state index in [1.807, 2.05) is 29.3 Å². The van der Waals surface area contributed by atoms with Crippen LogP contribution in [0.3, 0.4) is 0 Å². The second kappa shape index (κ2) is 9.57. The second-order valence-electron chi connectivity index (χ2n) is 9.34. The van der Waals surface area contributed by atoms with Crippen molar-refractivity contribution in [2.75, 3.05) is 28.7 Å². The summed E-state index contributed by atoms with van der Waals surface area (Å²) in [5.74, 6) is 1.85. The van der Waals surface area contributed by atoms with Gasteiger partial charge in [0.15, 0.2) is 11.6 Å². The van der Waals surface area contributed by atoms with Crippen LogP contribution in [-0.2, 0) is 9.53 Å². The number of rotatable bonds is 8. The Morgan fingerprint density at radius 1 is 1.16 bits per heavy atom. The third-order valence-electron chi connectivity index (χ3n) is 6.72. The molecule has 1 unspecified atom stereocenters. The molecule has 1 aliphatic heterocycles. The van der Waals surface area contributed by atoms with Crippen molar-refractivity contribution in [1.29, 1.82) is 0 Å². The molecular weight excluding hydrogens is 472 g/mol. The minimum Gasteiger partial charge on any atom is -0.462 e. The number of hydrogen-bond acceptors (Lipinski definition) is 8. The summed E-state index contributed by atoms with van der Waals surface area (Å²) in [6, 6.07) is 12.1. The number of hydrogen-bond donors (Lipinski definition) is 3. The number of anilines is 4. The van der Waals surface area contributed by atoms with Crippen molar-refractivity contribution in [2.24, 2.45) is 0 Å². The SMILES string of the molecule is CCOC(=O)c1ccc(NC(=O)C2CCCN2c2nc(Nc3cc(C4CC4)[nH]n3)c3cccn3n2)cc1. The van der Waals surface area contributed by atoms with Crippen LogP contribution < -0.4 is 15.5 Å². The average Bonchev–Trinajstić information content (AvgIpc) is 3.26. The molecule has 1 amide bonds. The predicted molar refractivity (Wildman–Crippen MR) is 138 cm³/mol. The van der Waals surface area contributed by atoms with Crippen molar-refractivity contribution in [1.82, 2.24) is 24.8 Å². The molecule has 3 N–H and O–H groups in total. The van der Waals surface area contributed by atoms with Crippen LogP contribution in [0.2, 0.25) is 0 Å². The van der Waals surface area contributed by atoms with Crippen molar-refractivity contribution in [3.05, 3.63) is 59.9 Å². The Hall–Kier alpha value is -4.41. The first kappa shape index (κ1) is 23.0. The number of carbonyl (C=O) groups is 2. The number of benzene rings is 1. The molecule has 6 rings (SSSR count). The molecule has 1 atom stereocenters. The Bertz CT molecular complexity index is 1440. The number of nitrogens with one attached hydrogen (secondary N) is 3. The van der Waals surface area contributed by atoms with Gasteiger partial charge in [-0.2, -0.15) is 10.1 Å². The molecule has 1 saturated carbocycles. The Morgan fingerprint density at radius 3 is 2.78 bits per heavy atom. The summed E-state index contributed by atoms with van der Waals surface area (Å²) in [4.78, 5) is 31.9. The molecule has 0 bridgehead atoms. The maximum absolute atomic E-state index is 13.2. The van der Waals surface area contributed by atoms with E-state index in [9.17, 15) is 9.59 Å². The van der Waals surface area contributed by atoms with Gasteiger partial charge in [-0.05, 0) is 69.0 Å². The average molecular weight is 501 g/mol.